The molecule has 1 aromatic heterocycles. The first-order valence-corrected chi connectivity index (χ1v) is 9.50. The monoisotopic (exact) mass is 441 g/mol. The molecule has 2 N–H and O–H groups in total. The Labute approximate surface area is 181 Å². The molecule has 0 saturated heterocycles. The van der Waals surface area contributed by atoms with Gasteiger partial charge in [-0.3, -0.25) is 9.36 Å². The van der Waals surface area contributed by atoms with Crippen LogP contribution in [0.5, 0.6) is 0 Å². The number of hydrogen-bond acceptors (Lipinski definition) is 5. The zero-order chi connectivity index (χ0) is 23.6. The number of esters is 1. The summed E-state index contributed by atoms with van der Waals surface area (Å²) in [6, 6.07) is 12.3. The van der Waals surface area contributed by atoms with Gasteiger partial charge < -0.3 is 10.5 Å². The Hall–Kier alpha value is -4.06. The second-order valence-corrected chi connectivity index (χ2v) is 6.90. The zero-order valence-electron chi connectivity index (χ0n) is 17.2. The van der Waals surface area contributed by atoms with Crippen LogP contribution < -0.4 is 11.3 Å². The van der Waals surface area contributed by atoms with Crippen LogP contribution in [0.3, 0.4) is 0 Å². The molecule has 164 valence electrons. The Kier molecular flexibility index (Phi) is 6.07. The lowest BCUT2D eigenvalue weighted by molar-refractivity contribution is -0.137. The molecular formula is C23H18F3N3O3. The molecule has 0 aliphatic heterocycles. The second-order valence-electron chi connectivity index (χ2n) is 6.90. The molecular weight excluding hydrogens is 423 g/mol. The van der Waals surface area contributed by atoms with E-state index in [4.69, 9.17) is 10.5 Å². The summed E-state index contributed by atoms with van der Waals surface area (Å²) < 4.78 is 45.4. The molecule has 6 nitrogen and oxygen atoms in total. The molecule has 0 atom stereocenters. The molecule has 0 aliphatic carbocycles. The quantitative estimate of drug-likeness (QED) is 0.603. The van der Waals surface area contributed by atoms with Crippen LogP contribution in [-0.4, -0.2) is 17.1 Å². The van der Waals surface area contributed by atoms with Crippen molar-refractivity contribution in [3.8, 4) is 22.9 Å². The average molecular weight is 441 g/mol. The molecule has 9 heteroatoms. The van der Waals surface area contributed by atoms with Gasteiger partial charge in [-0.15, -0.1) is 0 Å². The lowest BCUT2D eigenvalue weighted by Gasteiger charge is -2.19. The summed E-state index contributed by atoms with van der Waals surface area (Å²) in [5, 5.41) is 9.76. The van der Waals surface area contributed by atoms with Crippen molar-refractivity contribution in [1.82, 2.24) is 4.57 Å². The van der Waals surface area contributed by atoms with E-state index in [0.29, 0.717) is 5.56 Å². The fraction of sp³-hybridized carbons (Fsp3) is 0.174. The van der Waals surface area contributed by atoms with Gasteiger partial charge in [-0.05, 0) is 37.6 Å². The highest BCUT2D eigenvalue weighted by Crippen LogP contribution is 2.34. The van der Waals surface area contributed by atoms with Gasteiger partial charge in [0.05, 0.1) is 17.9 Å². The normalized spacial score (nSPS) is 11.1. The van der Waals surface area contributed by atoms with E-state index in [2.05, 4.69) is 0 Å². The van der Waals surface area contributed by atoms with E-state index in [0.717, 1.165) is 28.3 Å². The molecule has 3 rings (SSSR count). The van der Waals surface area contributed by atoms with Gasteiger partial charge >= 0.3 is 12.1 Å². The Morgan fingerprint density at radius 1 is 1.19 bits per heavy atom. The predicted octanol–water partition coefficient (Wildman–Crippen LogP) is 4.46. The van der Waals surface area contributed by atoms with Crippen molar-refractivity contribution >= 4 is 11.8 Å². The fourth-order valence-corrected chi connectivity index (χ4v) is 3.29. The van der Waals surface area contributed by atoms with Crippen LogP contribution in [0.15, 0.2) is 53.3 Å². The summed E-state index contributed by atoms with van der Waals surface area (Å²) in [5.74, 6) is -1.33. The number of pyridine rings is 1. The number of carbonyl (C=O) groups excluding carboxylic acids is 1. The number of nitriles is 1. The first kappa shape index (κ1) is 22.6. The molecule has 0 saturated carbocycles. The summed E-state index contributed by atoms with van der Waals surface area (Å²) in [4.78, 5) is 26.0. The van der Waals surface area contributed by atoms with E-state index in [1.54, 1.807) is 37.3 Å². The summed E-state index contributed by atoms with van der Waals surface area (Å²) in [7, 11) is 0. The smallest absolute Gasteiger partial charge is 0.416 e. The van der Waals surface area contributed by atoms with Crippen LogP contribution in [-0.2, 0) is 10.9 Å². The molecule has 2 aromatic carbocycles. The van der Waals surface area contributed by atoms with Gasteiger partial charge in [0.25, 0.3) is 5.56 Å². The minimum atomic E-state index is -4.67. The van der Waals surface area contributed by atoms with Gasteiger partial charge in [0, 0.05) is 5.56 Å². The molecule has 0 amide bonds. The third-order valence-corrected chi connectivity index (χ3v) is 4.78. The largest absolute Gasteiger partial charge is 0.462 e. The molecule has 0 unspecified atom stereocenters. The van der Waals surface area contributed by atoms with Crippen LogP contribution in [0.25, 0.3) is 16.8 Å². The van der Waals surface area contributed by atoms with Gasteiger partial charge in [0.15, 0.2) is 0 Å². The number of nitrogen functional groups attached to an aromatic ring is 1. The van der Waals surface area contributed by atoms with Crippen molar-refractivity contribution < 1.29 is 22.7 Å². The Morgan fingerprint density at radius 3 is 2.41 bits per heavy atom. The van der Waals surface area contributed by atoms with Gasteiger partial charge in [0.2, 0.25) is 0 Å². The predicted molar refractivity (Wildman–Crippen MR) is 112 cm³/mol. The Bertz CT molecular complexity index is 1290. The number of carbonyl (C=O) groups is 1. The van der Waals surface area contributed by atoms with Crippen molar-refractivity contribution in [3.63, 3.8) is 0 Å². The number of rotatable bonds is 4. The maximum atomic E-state index is 13.2. The van der Waals surface area contributed by atoms with E-state index in [-0.39, 0.29) is 23.4 Å². The Morgan fingerprint density at radius 2 is 1.84 bits per heavy atom. The number of aryl methyl sites for hydroxylation is 1. The first-order chi connectivity index (χ1) is 15.1. The number of benzene rings is 2. The standard InChI is InChI=1S/C23H18F3N3O3/c1-3-32-22(31)19-18(14-9-7-13(2)8-10-14)17(12-27)21(30)29(20(19)28)16-6-4-5-15(11-16)23(24,25)26/h4-11H,3,28H2,1-2H3. The van der Waals surface area contributed by atoms with Crippen LogP contribution >= 0.6 is 0 Å². The number of aromatic nitrogens is 1. The molecule has 0 aliphatic rings. The van der Waals surface area contributed by atoms with Crippen LogP contribution in [0, 0.1) is 18.3 Å². The topological polar surface area (TPSA) is 98.1 Å². The number of nitrogens with two attached hydrogens (primary N) is 1. The van der Waals surface area contributed by atoms with Crippen molar-refractivity contribution in [2.24, 2.45) is 0 Å². The van der Waals surface area contributed by atoms with Crippen LogP contribution in [0.2, 0.25) is 0 Å². The molecule has 32 heavy (non-hydrogen) atoms. The van der Waals surface area contributed by atoms with Gasteiger partial charge in [-0.2, -0.15) is 18.4 Å². The van der Waals surface area contributed by atoms with Crippen molar-refractivity contribution in [2.45, 2.75) is 20.0 Å². The number of halogens is 3. The lowest BCUT2D eigenvalue weighted by atomic mass is 9.95. The molecule has 0 bridgehead atoms. The molecule has 0 radical (unpaired) electrons. The third-order valence-electron chi connectivity index (χ3n) is 4.78. The molecule has 1 heterocycles. The van der Waals surface area contributed by atoms with Crippen molar-refractivity contribution in [2.75, 3.05) is 12.3 Å². The number of anilines is 1. The van der Waals surface area contributed by atoms with E-state index >= 15 is 0 Å². The highest BCUT2D eigenvalue weighted by molar-refractivity contribution is 6.03. The summed E-state index contributed by atoms with van der Waals surface area (Å²) >= 11 is 0. The minimum absolute atomic E-state index is 0.0177. The maximum absolute atomic E-state index is 13.2. The van der Waals surface area contributed by atoms with E-state index in [1.807, 2.05) is 6.92 Å². The summed E-state index contributed by atoms with van der Waals surface area (Å²) in [5.41, 5.74) is 4.49. The fourth-order valence-electron chi connectivity index (χ4n) is 3.29. The van der Waals surface area contributed by atoms with Crippen LogP contribution in [0.1, 0.15) is 34.0 Å². The zero-order valence-corrected chi connectivity index (χ0v) is 17.2. The van der Waals surface area contributed by atoms with Gasteiger partial charge in [-0.1, -0.05) is 35.9 Å². The first-order valence-electron chi connectivity index (χ1n) is 9.50. The number of alkyl halides is 3. The Balaban J connectivity index is 2.44. The molecule has 0 fully saturated rings. The van der Waals surface area contributed by atoms with Crippen LogP contribution in [0.4, 0.5) is 19.0 Å². The highest BCUT2D eigenvalue weighted by Gasteiger charge is 2.32. The summed E-state index contributed by atoms with van der Waals surface area (Å²) in [6.45, 7) is 3.38. The number of hydrogen-bond donors (Lipinski definition) is 1. The van der Waals surface area contributed by atoms with Gasteiger partial charge in [0.1, 0.15) is 23.0 Å². The SMILES string of the molecule is CCOC(=O)c1c(-c2ccc(C)cc2)c(C#N)c(=O)n(-c2cccc(C(F)(F)F)c2)c1N. The minimum Gasteiger partial charge on any atom is -0.462 e. The highest BCUT2D eigenvalue weighted by atomic mass is 19.4. The number of nitrogens with zero attached hydrogens (tertiary/aromatic N) is 2. The van der Waals surface area contributed by atoms with E-state index in [1.165, 1.54) is 6.07 Å². The van der Waals surface area contributed by atoms with E-state index in [9.17, 15) is 28.0 Å². The van der Waals surface area contributed by atoms with Crippen molar-refractivity contribution in [1.29, 1.82) is 5.26 Å². The molecule has 0 spiro atoms. The van der Waals surface area contributed by atoms with Gasteiger partial charge in [-0.25, -0.2) is 4.79 Å². The van der Waals surface area contributed by atoms with E-state index < -0.39 is 34.6 Å². The maximum Gasteiger partial charge on any atom is 0.416 e. The lowest BCUT2D eigenvalue weighted by Crippen LogP contribution is -2.28. The number of ether oxygens (including phenoxy) is 1. The molecule has 3 aromatic rings. The summed E-state index contributed by atoms with van der Waals surface area (Å²) in [6.07, 6.45) is -4.67. The van der Waals surface area contributed by atoms with Crippen molar-refractivity contribution in [3.05, 3.63) is 81.1 Å². The average Bonchev–Trinajstić information content (AvgIpc) is 2.74. The third kappa shape index (κ3) is 4.07. The second kappa shape index (κ2) is 8.59.